The van der Waals surface area contributed by atoms with Crippen LogP contribution in [0.2, 0.25) is 0 Å². The molecule has 1 heteroatoms. The molecule has 0 aromatic carbocycles. The normalized spacial score (nSPS) is 38.2. The average molecular weight is 136 g/mol. The van der Waals surface area contributed by atoms with Gasteiger partial charge < -0.3 is 0 Å². The Morgan fingerprint density at radius 3 is 2.90 bits per heavy atom. The lowest BCUT2D eigenvalue weighted by Gasteiger charge is -2.18. The Labute approximate surface area is 61.1 Å². The first-order valence-corrected chi connectivity index (χ1v) is 4.05. The van der Waals surface area contributed by atoms with Crippen LogP contribution in [0.1, 0.15) is 25.7 Å². The molecular weight excluding hydrogens is 124 g/mol. The summed E-state index contributed by atoms with van der Waals surface area (Å²) in [6.07, 6.45) is 8.54. The van der Waals surface area contributed by atoms with Crippen molar-refractivity contribution in [3.8, 4) is 0 Å². The van der Waals surface area contributed by atoms with Crippen molar-refractivity contribution in [2.45, 2.75) is 25.7 Å². The first-order valence-electron chi connectivity index (χ1n) is 4.05. The van der Waals surface area contributed by atoms with E-state index >= 15 is 0 Å². The predicted octanol–water partition coefficient (Wildman–Crippen LogP) is 1.93. The molecule has 0 aromatic heterocycles. The zero-order valence-corrected chi connectivity index (χ0v) is 6.05. The van der Waals surface area contributed by atoms with Crippen molar-refractivity contribution < 1.29 is 4.79 Å². The van der Waals surface area contributed by atoms with Gasteiger partial charge in [0.15, 0.2) is 0 Å². The van der Waals surface area contributed by atoms with Crippen LogP contribution in [-0.2, 0) is 4.79 Å². The third-order valence-corrected chi connectivity index (χ3v) is 2.74. The van der Waals surface area contributed by atoms with Crippen LogP contribution in [-0.4, -0.2) is 5.78 Å². The highest BCUT2D eigenvalue weighted by Gasteiger charge is 2.33. The number of ketones is 1. The fraction of sp³-hybridized carbons (Fsp3) is 0.667. The Kier molecular flexibility index (Phi) is 1.37. The number of allylic oxidation sites excluding steroid dienone is 2. The van der Waals surface area contributed by atoms with E-state index in [0.29, 0.717) is 17.6 Å². The SMILES string of the molecule is O=C1CC[C@@H]2CC=CC[C@H]12. The summed E-state index contributed by atoms with van der Waals surface area (Å²) >= 11 is 0. The highest BCUT2D eigenvalue weighted by atomic mass is 16.1. The maximum absolute atomic E-state index is 11.2. The maximum Gasteiger partial charge on any atom is 0.136 e. The van der Waals surface area contributed by atoms with E-state index < -0.39 is 0 Å². The maximum atomic E-state index is 11.2. The minimum Gasteiger partial charge on any atom is -0.299 e. The average Bonchev–Trinajstić information content (AvgIpc) is 2.34. The van der Waals surface area contributed by atoms with Crippen LogP contribution >= 0.6 is 0 Å². The molecule has 0 unspecified atom stereocenters. The molecule has 2 atom stereocenters. The van der Waals surface area contributed by atoms with E-state index in [2.05, 4.69) is 12.2 Å². The summed E-state index contributed by atoms with van der Waals surface area (Å²) in [6, 6.07) is 0. The van der Waals surface area contributed by atoms with Crippen LogP contribution in [0.4, 0.5) is 0 Å². The second-order valence-corrected chi connectivity index (χ2v) is 3.31. The molecule has 0 saturated heterocycles. The molecule has 0 aromatic rings. The van der Waals surface area contributed by atoms with Gasteiger partial charge >= 0.3 is 0 Å². The number of carbonyl (C=O) groups excluding carboxylic acids is 1. The molecule has 0 N–H and O–H groups in total. The largest absolute Gasteiger partial charge is 0.299 e. The van der Waals surface area contributed by atoms with Gasteiger partial charge in [-0.25, -0.2) is 0 Å². The van der Waals surface area contributed by atoms with Crippen molar-refractivity contribution in [2.24, 2.45) is 11.8 Å². The van der Waals surface area contributed by atoms with Gasteiger partial charge in [0, 0.05) is 12.3 Å². The first-order chi connectivity index (χ1) is 4.88. The van der Waals surface area contributed by atoms with Crippen molar-refractivity contribution in [1.29, 1.82) is 0 Å². The first kappa shape index (κ1) is 6.14. The number of rotatable bonds is 0. The monoisotopic (exact) mass is 136 g/mol. The molecule has 54 valence electrons. The number of hydrogen-bond donors (Lipinski definition) is 0. The summed E-state index contributed by atoms with van der Waals surface area (Å²) < 4.78 is 0. The molecule has 0 heterocycles. The van der Waals surface area contributed by atoms with Crippen LogP contribution in [0.5, 0.6) is 0 Å². The second kappa shape index (κ2) is 2.22. The Balaban J connectivity index is 2.17. The third-order valence-electron chi connectivity index (χ3n) is 2.74. The molecule has 1 fully saturated rings. The summed E-state index contributed by atoms with van der Waals surface area (Å²) in [5.41, 5.74) is 0. The van der Waals surface area contributed by atoms with E-state index in [4.69, 9.17) is 0 Å². The van der Waals surface area contributed by atoms with E-state index in [1.54, 1.807) is 0 Å². The van der Waals surface area contributed by atoms with Gasteiger partial charge in [0.2, 0.25) is 0 Å². The zero-order valence-electron chi connectivity index (χ0n) is 6.05. The molecule has 0 amide bonds. The molecule has 0 bridgehead atoms. The Bertz CT molecular complexity index is 181. The van der Waals surface area contributed by atoms with Gasteiger partial charge in [-0.15, -0.1) is 0 Å². The van der Waals surface area contributed by atoms with Crippen LogP contribution in [0, 0.1) is 11.8 Å². The number of hydrogen-bond acceptors (Lipinski definition) is 1. The highest BCUT2D eigenvalue weighted by Crippen LogP contribution is 2.36. The molecule has 1 nitrogen and oxygen atoms in total. The predicted molar refractivity (Wildman–Crippen MR) is 39.6 cm³/mol. The van der Waals surface area contributed by atoms with Gasteiger partial charge in [0.1, 0.15) is 5.78 Å². The van der Waals surface area contributed by atoms with Gasteiger partial charge in [-0.1, -0.05) is 12.2 Å². The lowest BCUT2D eigenvalue weighted by atomic mass is 9.86. The quantitative estimate of drug-likeness (QED) is 0.465. The van der Waals surface area contributed by atoms with Crippen LogP contribution in [0.15, 0.2) is 12.2 Å². The topological polar surface area (TPSA) is 17.1 Å². The fourth-order valence-electron chi connectivity index (χ4n) is 2.10. The molecule has 2 aliphatic rings. The molecule has 1 saturated carbocycles. The van der Waals surface area contributed by atoms with Gasteiger partial charge in [0.25, 0.3) is 0 Å². The van der Waals surface area contributed by atoms with Crippen molar-refractivity contribution >= 4 is 5.78 Å². The summed E-state index contributed by atoms with van der Waals surface area (Å²) in [7, 11) is 0. The summed E-state index contributed by atoms with van der Waals surface area (Å²) in [5, 5.41) is 0. The summed E-state index contributed by atoms with van der Waals surface area (Å²) in [5.74, 6) is 1.62. The lowest BCUT2D eigenvalue weighted by Crippen LogP contribution is -2.15. The number of carbonyl (C=O) groups is 1. The van der Waals surface area contributed by atoms with Crippen LogP contribution in [0.3, 0.4) is 0 Å². The van der Waals surface area contributed by atoms with E-state index in [1.165, 1.54) is 0 Å². The van der Waals surface area contributed by atoms with E-state index in [1.807, 2.05) is 0 Å². The molecule has 0 radical (unpaired) electrons. The second-order valence-electron chi connectivity index (χ2n) is 3.31. The molecule has 2 aliphatic carbocycles. The minimum absolute atomic E-state index is 0.407. The summed E-state index contributed by atoms with van der Waals surface area (Å²) in [4.78, 5) is 11.2. The van der Waals surface area contributed by atoms with Gasteiger partial charge in [-0.05, 0) is 25.2 Å². The fourth-order valence-corrected chi connectivity index (χ4v) is 2.10. The van der Waals surface area contributed by atoms with Gasteiger partial charge in [-0.2, -0.15) is 0 Å². The molecule has 0 spiro atoms. The van der Waals surface area contributed by atoms with Gasteiger partial charge in [-0.3, -0.25) is 4.79 Å². The minimum atomic E-state index is 0.407. The molecular formula is C9H12O. The van der Waals surface area contributed by atoms with E-state index in [9.17, 15) is 4.79 Å². The van der Waals surface area contributed by atoms with E-state index in [-0.39, 0.29) is 0 Å². The highest BCUT2D eigenvalue weighted by molar-refractivity contribution is 5.83. The van der Waals surface area contributed by atoms with Crippen molar-refractivity contribution in [3.63, 3.8) is 0 Å². The number of fused-ring (bicyclic) bond motifs is 1. The van der Waals surface area contributed by atoms with Crippen LogP contribution < -0.4 is 0 Å². The zero-order chi connectivity index (χ0) is 6.97. The lowest BCUT2D eigenvalue weighted by molar-refractivity contribution is -0.121. The Morgan fingerprint density at radius 1 is 1.30 bits per heavy atom. The third kappa shape index (κ3) is 0.808. The molecule has 10 heavy (non-hydrogen) atoms. The Hall–Kier alpha value is -0.590. The number of Topliss-reactive ketones (excluding diaryl/α,β-unsaturated/α-hetero) is 1. The van der Waals surface area contributed by atoms with E-state index in [0.717, 1.165) is 25.7 Å². The summed E-state index contributed by atoms with van der Waals surface area (Å²) in [6.45, 7) is 0. The van der Waals surface area contributed by atoms with Crippen molar-refractivity contribution in [2.75, 3.05) is 0 Å². The smallest absolute Gasteiger partial charge is 0.136 e. The van der Waals surface area contributed by atoms with Crippen LogP contribution in [0.25, 0.3) is 0 Å². The Morgan fingerprint density at radius 2 is 2.10 bits per heavy atom. The standard InChI is InChI=1S/C9H12O/c10-9-6-5-7-3-1-2-4-8(7)9/h1-2,7-8H,3-6H2/t7-,8-/m0/s1. The molecule has 0 aliphatic heterocycles. The van der Waals surface area contributed by atoms with Crippen molar-refractivity contribution in [1.82, 2.24) is 0 Å². The molecule has 2 rings (SSSR count). The van der Waals surface area contributed by atoms with Crippen molar-refractivity contribution in [3.05, 3.63) is 12.2 Å². The van der Waals surface area contributed by atoms with Gasteiger partial charge in [0.05, 0.1) is 0 Å².